The van der Waals surface area contributed by atoms with E-state index in [4.69, 9.17) is 9.72 Å². The maximum absolute atomic E-state index is 13.0. The molecule has 3 heterocycles. The van der Waals surface area contributed by atoms with E-state index in [0.717, 1.165) is 42.6 Å². The summed E-state index contributed by atoms with van der Waals surface area (Å²) in [7, 11) is 0. The first kappa shape index (κ1) is 20.5. The number of amides is 1. The Morgan fingerprint density at radius 3 is 2.67 bits per heavy atom. The van der Waals surface area contributed by atoms with Crippen LogP contribution in [0.3, 0.4) is 0 Å². The molecule has 158 valence electrons. The summed E-state index contributed by atoms with van der Waals surface area (Å²) < 4.78 is 7.94. The van der Waals surface area contributed by atoms with E-state index < -0.39 is 0 Å². The number of rotatable bonds is 4. The Labute approximate surface area is 176 Å². The Morgan fingerprint density at radius 2 is 2.00 bits per heavy atom. The lowest BCUT2D eigenvalue weighted by Gasteiger charge is -2.33. The number of carbonyl (C=O) groups excluding carboxylic acids is 1. The lowest BCUT2D eigenvalue weighted by atomic mass is 9.92. The molecule has 0 unspecified atom stereocenters. The monoisotopic (exact) mass is 407 g/mol. The Hall–Kier alpha value is -2.80. The van der Waals surface area contributed by atoms with Gasteiger partial charge in [-0.1, -0.05) is 0 Å². The van der Waals surface area contributed by atoms with Gasteiger partial charge in [0.25, 0.3) is 5.91 Å². The number of carbonyl (C=O) groups is 1. The van der Waals surface area contributed by atoms with Crippen LogP contribution in [0.4, 0.5) is 0 Å². The van der Waals surface area contributed by atoms with Crippen LogP contribution in [0.2, 0.25) is 0 Å². The van der Waals surface area contributed by atoms with Gasteiger partial charge in [0.1, 0.15) is 6.33 Å². The molecule has 1 saturated carbocycles. The van der Waals surface area contributed by atoms with Crippen molar-refractivity contribution in [2.75, 3.05) is 0 Å². The van der Waals surface area contributed by atoms with Crippen molar-refractivity contribution in [3.63, 3.8) is 0 Å². The molecule has 0 radical (unpaired) electrons. The summed E-state index contributed by atoms with van der Waals surface area (Å²) in [5, 5.41) is 3.15. The molecule has 3 aromatic heterocycles. The summed E-state index contributed by atoms with van der Waals surface area (Å²) in [6.07, 6.45) is 9.15. The van der Waals surface area contributed by atoms with Gasteiger partial charge in [-0.15, -0.1) is 0 Å². The highest BCUT2D eigenvalue weighted by atomic mass is 16.5. The molecule has 7 heteroatoms. The number of pyridine rings is 1. The zero-order valence-electron chi connectivity index (χ0n) is 18.1. The standard InChI is InChI=1S/C23H29N5O2/c1-15-12-19(16-6-5-11-24-13-16)27-21-20(25-14-28(15)21)22(29)26-17-7-9-18(10-8-17)30-23(2,3)4/h5-6,11-14,17-18H,7-10H2,1-4H3,(H,26,29). The molecule has 0 spiro atoms. The van der Waals surface area contributed by atoms with Gasteiger partial charge in [-0.25, -0.2) is 9.97 Å². The second-order valence-electron chi connectivity index (χ2n) is 8.99. The summed E-state index contributed by atoms with van der Waals surface area (Å²) in [5.74, 6) is -0.173. The topological polar surface area (TPSA) is 81.4 Å². The summed E-state index contributed by atoms with van der Waals surface area (Å²) in [5.41, 5.74) is 3.44. The Balaban J connectivity index is 1.50. The highest BCUT2D eigenvalue weighted by molar-refractivity contribution is 5.98. The third kappa shape index (κ3) is 4.51. The van der Waals surface area contributed by atoms with Crippen molar-refractivity contribution >= 4 is 11.6 Å². The van der Waals surface area contributed by atoms with Gasteiger partial charge in [-0.2, -0.15) is 0 Å². The largest absolute Gasteiger partial charge is 0.373 e. The second-order valence-corrected chi connectivity index (χ2v) is 8.99. The first-order valence-corrected chi connectivity index (χ1v) is 10.5. The number of imidazole rings is 1. The van der Waals surface area contributed by atoms with E-state index in [1.807, 2.05) is 29.5 Å². The maximum Gasteiger partial charge on any atom is 0.274 e. The van der Waals surface area contributed by atoms with Crippen molar-refractivity contribution in [2.24, 2.45) is 0 Å². The minimum absolute atomic E-state index is 0.133. The van der Waals surface area contributed by atoms with Gasteiger partial charge >= 0.3 is 0 Å². The van der Waals surface area contributed by atoms with Crippen LogP contribution in [0.25, 0.3) is 16.9 Å². The van der Waals surface area contributed by atoms with E-state index in [0.29, 0.717) is 11.3 Å². The first-order chi connectivity index (χ1) is 14.3. The molecule has 0 bridgehead atoms. The predicted octanol–water partition coefficient (Wildman–Crippen LogP) is 3.96. The number of ether oxygens (including phenoxy) is 1. The molecule has 1 amide bonds. The third-order valence-corrected chi connectivity index (χ3v) is 5.40. The number of aryl methyl sites for hydroxylation is 1. The quantitative estimate of drug-likeness (QED) is 0.708. The lowest BCUT2D eigenvalue weighted by Crippen LogP contribution is -2.40. The number of nitrogens with one attached hydrogen (secondary N) is 1. The van der Waals surface area contributed by atoms with Crippen LogP contribution >= 0.6 is 0 Å². The van der Waals surface area contributed by atoms with Crippen LogP contribution in [0.15, 0.2) is 36.9 Å². The molecule has 1 aliphatic carbocycles. The minimum Gasteiger partial charge on any atom is -0.373 e. The fourth-order valence-electron chi connectivity index (χ4n) is 4.02. The summed E-state index contributed by atoms with van der Waals surface area (Å²) in [6, 6.07) is 5.94. The molecule has 1 N–H and O–H groups in total. The van der Waals surface area contributed by atoms with Crippen molar-refractivity contribution in [3.8, 4) is 11.3 Å². The normalized spacial score (nSPS) is 19.7. The highest BCUT2D eigenvalue weighted by Crippen LogP contribution is 2.26. The fraction of sp³-hybridized carbons (Fsp3) is 0.478. The van der Waals surface area contributed by atoms with Crippen molar-refractivity contribution in [2.45, 2.75) is 71.1 Å². The maximum atomic E-state index is 13.0. The summed E-state index contributed by atoms with van der Waals surface area (Å²) >= 11 is 0. The molecule has 0 aliphatic heterocycles. The molecular weight excluding hydrogens is 378 g/mol. The van der Waals surface area contributed by atoms with Gasteiger partial charge in [-0.05, 0) is 71.6 Å². The van der Waals surface area contributed by atoms with Gasteiger partial charge in [0, 0.05) is 29.7 Å². The van der Waals surface area contributed by atoms with Crippen molar-refractivity contribution < 1.29 is 9.53 Å². The van der Waals surface area contributed by atoms with Gasteiger partial charge in [0.15, 0.2) is 11.3 Å². The number of fused-ring (bicyclic) bond motifs is 1. The average Bonchev–Trinajstić information content (AvgIpc) is 3.14. The van der Waals surface area contributed by atoms with E-state index in [2.05, 4.69) is 36.1 Å². The number of nitrogens with zero attached hydrogens (tertiary/aromatic N) is 4. The SMILES string of the molecule is Cc1cc(-c2cccnc2)nc2c(C(=O)NC3CCC(OC(C)(C)C)CC3)ncn12. The molecular formula is C23H29N5O2. The first-order valence-electron chi connectivity index (χ1n) is 10.5. The number of aromatic nitrogens is 4. The Bertz CT molecular complexity index is 1030. The molecule has 7 nitrogen and oxygen atoms in total. The predicted molar refractivity (Wildman–Crippen MR) is 115 cm³/mol. The zero-order chi connectivity index (χ0) is 21.3. The van der Waals surface area contributed by atoms with Crippen LogP contribution < -0.4 is 5.32 Å². The van der Waals surface area contributed by atoms with Gasteiger partial charge in [-0.3, -0.25) is 14.2 Å². The fourth-order valence-corrected chi connectivity index (χ4v) is 4.02. The van der Waals surface area contributed by atoms with E-state index in [-0.39, 0.29) is 23.7 Å². The second kappa shape index (κ2) is 8.14. The third-order valence-electron chi connectivity index (χ3n) is 5.40. The van der Waals surface area contributed by atoms with E-state index in [1.54, 1.807) is 18.7 Å². The van der Waals surface area contributed by atoms with Crippen LogP contribution in [-0.4, -0.2) is 43.0 Å². The number of hydrogen-bond donors (Lipinski definition) is 1. The Morgan fingerprint density at radius 1 is 1.23 bits per heavy atom. The molecule has 0 atom stereocenters. The zero-order valence-corrected chi connectivity index (χ0v) is 18.1. The van der Waals surface area contributed by atoms with Crippen LogP contribution in [0.1, 0.15) is 62.6 Å². The molecule has 0 saturated heterocycles. The van der Waals surface area contributed by atoms with Crippen LogP contribution in [-0.2, 0) is 4.74 Å². The average molecular weight is 408 g/mol. The molecule has 0 aromatic carbocycles. The molecule has 3 aromatic rings. The molecule has 1 fully saturated rings. The van der Waals surface area contributed by atoms with E-state index in [9.17, 15) is 4.79 Å². The minimum atomic E-state index is -0.173. The van der Waals surface area contributed by atoms with Crippen molar-refractivity contribution in [1.29, 1.82) is 0 Å². The smallest absolute Gasteiger partial charge is 0.274 e. The highest BCUT2D eigenvalue weighted by Gasteiger charge is 2.27. The van der Waals surface area contributed by atoms with Gasteiger partial charge < -0.3 is 10.1 Å². The van der Waals surface area contributed by atoms with Crippen molar-refractivity contribution in [3.05, 3.63) is 48.3 Å². The van der Waals surface area contributed by atoms with E-state index >= 15 is 0 Å². The van der Waals surface area contributed by atoms with Gasteiger partial charge in [0.05, 0.1) is 17.4 Å². The summed E-state index contributed by atoms with van der Waals surface area (Å²) in [6.45, 7) is 8.23. The molecule has 1 aliphatic rings. The number of hydrogen-bond acceptors (Lipinski definition) is 5. The van der Waals surface area contributed by atoms with E-state index in [1.165, 1.54) is 0 Å². The van der Waals surface area contributed by atoms with Crippen molar-refractivity contribution in [1.82, 2.24) is 24.7 Å². The van der Waals surface area contributed by atoms with Gasteiger partial charge in [0.2, 0.25) is 0 Å². The van der Waals surface area contributed by atoms with Crippen LogP contribution in [0.5, 0.6) is 0 Å². The molecule has 4 rings (SSSR count). The van der Waals surface area contributed by atoms with Crippen LogP contribution in [0, 0.1) is 6.92 Å². The Kier molecular flexibility index (Phi) is 5.56. The summed E-state index contributed by atoms with van der Waals surface area (Å²) in [4.78, 5) is 26.2. The molecule has 30 heavy (non-hydrogen) atoms. The lowest BCUT2D eigenvalue weighted by molar-refractivity contribution is -0.0757.